The van der Waals surface area contributed by atoms with Crippen LogP contribution in [-0.2, 0) is 16.1 Å². The number of carbonyl (C=O) groups excluding carboxylic acids is 2. The smallest absolute Gasteiger partial charge is 0.325 e. The van der Waals surface area contributed by atoms with E-state index in [1.807, 2.05) is 37.3 Å². The van der Waals surface area contributed by atoms with Crippen molar-refractivity contribution in [1.82, 2.24) is 10.2 Å². The van der Waals surface area contributed by atoms with Crippen LogP contribution in [0, 0.1) is 0 Å². The molecule has 1 aliphatic rings. The van der Waals surface area contributed by atoms with Crippen LogP contribution in [0.25, 0.3) is 0 Å². The number of nitrogens with zero attached hydrogens (tertiary/aromatic N) is 1. The van der Waals surface area contributed by atoms with Gasteiger partial charge in [0.2, 0.25) is 0 Å². The molecule has 1 fully saturated rings. The van der Waals surface area contributed by atoms with E-state index in [0.29, 0.717) is 13.0 Å². The van der Waals surface area contributed by atoms with Gasteiger partial charge in [0.1, 0.15) is 5.54 Å². The van der Waals surface area contributed by atoms with Gasteiger partial charge in [0.05, 0.1) is 25.9 Å². The third-order valence-corrected chi connectivity index (χ3v) is 3.91. The second kappa shape index (κ2) is 7.57. The number of hydrogen-bond acceptors (Lipinski definition) is 4. The highest BCUT2D eigenvalue weighted by Gasteiger charge is 2.47. The molecule has 0 spiro atoms. The molecule has 2 N–H and O–H groups in total. The summed E-state index contributed by atoms with van der Waals surface area (Å²) in [4.78, 5) is 25.4. The Hall–Kier alpha value is -1.92. The summed E-state index contributed by atoms with van der Waals surface area (Å²) < 4.78 is 5.44. The molecule has 0 aliphatic carbocycles. The maximum atomic E-state index is 12.3. The van der Waals surface area contributed by atoms with E-state index in [9.17, 15) is 14.7 Å². The number of hydrogen-bond donors (Lipinski definition) is 2. The highest BCUT2D eigenvalue weighted by molar-refractivity contribution is 6.06. The van der Waals surface area contributed by atoms with Gasteiger partial charge in [0.25, 0.3) is 5.91 Å². The van der Waals surface area contributed by atoms with E-state index in [2.05, 4.69) is 5.32 Å². The number of rotatable bonds is 8. The third kappa shape index (κ3) is 4.30. The van der Waals surface area contributed by atoms with E-state index in [1.54, 1.807) is 6.92 Å². The minimum absolute atomic E-state index is 0.0568. The Kier molecular flexibility index (Phi) is 5.74. The van der Waals surface area contributed by atoms with Gasteiger partial charge >= 0.3 is 6.03 Å². The number of nitrogens with one attached hydrogen (secondary N) is 1. The monoisotopic (exact) mass is 320 g/mol. The first-order valence-corrected chi connectivity index (χ1v) is 7.90. The van der Waals surface area contributed by atoms with Crippen LogP contribution in [-0.4, -0.2) is 46.7 Å². The van der Waals surface area contributed by atoms with Gasteiger partial charge in [-0.05, 0) is 18.9 Å². The second-order valence-electron chi connectivity index (χ2n) is 6.08. The second-order valence-corrected chi connectivity index (χ2v) is 6.08. The van der Waals surface area contributed by atoms with Gasteiger partial charge in [-0.1, -0.05) is 43.7 Å². The first-order valence-electron chi connectivity index (χ1n) is 7.90. The molecule has 2 unspecified atom stereocenters. The van der Waals surface area contributed by atoms with Gasteiger partial charge in [0.15, 0.2) is 0 Å². The molecule has 2 rings (SSSR count). The molecule has 0 aromatic heterocycles. The number of β-amino-alcohol motifs (C(OH)–C–C–N with tert-alkyl or cyclic N) is 1. The summed E-state index contributed by atoms with van der Waals surface area (Å²) in [5, 5.41) is 12.7. The number of aliphatic hydroxyl groups excluding tert-OH is 1. The molecule has 2 atom stereocenters. The van der Waals surface area contributed by atoms with Crippen LogP contribution in [0.15, 0.2) is 30.3 Å². The average molecular weight is 320 g/mol. The summed E-state index contributed by atoms with van der Waals surface area (Å²) in [7, 11) is 0. The molecule has 1 aliphatic heterocycles. The van der Waals surface area contributed by atoms with Gasteiger partial charge in [-0.3, -0.25) is 9.69 Å². The van der Waals surface area contributed by atoms with Crippen LogP contribution in [0.3, 0.4) is 0 Å². The molecule has 3 amide bonds. The summed E-state index contributed by atoms with van der Waals surface area (Å²) in [6.07, 6.45) is 0.464. The molecule has 23 heavy (non-hydrogen) atoms. The Morgan fingerprint density at radius 3 is 2.65 bits per heavy atom. The molecule has 126 valence electrons. The zero-order chi connectivity index (χ0) is 16.9. The quantitative estimate of drug-likeness (QED) is 0.714. The van der Waals surface area contributed by atoms with Crippen molar-refractivity contribution in [2.45, 2.75) is 44.9 Å². The zero-order valence-electron chi connectivity index (χ0n) is 13.6. The fourth-order valence-electron chi connectivity index (χ4n) is 2.73. The van der Waals surface area contributed by atoms with Crippen molar-refractivity contribution in [3.05, 3.63) is 35.9 Å². The predicted octanol–water partition coefficient (Wildman–Crippen LogP) is 1.67. The number of ether oxygens (including phenoxy) is 1. The molecular formula is C17H24N2O4. The lowest BCUT2D eigenvalue weighted by molar-refractivity contribution is -0.132. The first-order chi connectivity index (χ1) is 11.0. The topological polar surface area (TPSA) is 78.9 Å². The molecule has 1 saturated heterocycles. The first kappa shape index (κ1) is 17.4. The maximum absolute atomic E-state index is 12.3. The highest BCUT2D eigenvalue weighted by Crippen LogP contribution is 2.22. The fourth-order valence-corrected chi connectivity index (χ4v) is 2.73. The number of urea groups is 1. The fraction of sp³-hybridized carbons (Fsp3) is 0.529. The summed E-state index contributed by atoms with van der Waals surface area (Å²) in [5.74, 6) is -0.286. The Morgan fingerprint density at radius 1 is 1.30 bits per heavy atom. The van der Waals surface area contributed by atoms with Crippen molar-refractivity contribution in [3.63, 3.8) is 0 Å². The zero-order valence-corrected chi connectivity index (χ0v) is 13.6. The number of carbonyl (C=O) groups is 2. The molecule has 1 aromatic carbocycles. The van der Waals surface area contributed by atoms with Gasteiger partial charge < -0.3 is 15.2 Å². The Balaban J connectivity index is 1.82. The van der Waals surface area contributed by atoms with Gasteiger partial charge in [-0.15, -0.1) is 0 Å². The Bertz CT molecular complexity index is 549. The molecule has 1 heterocycles. The molecule has 1 aromatic rings. The largest absolute Gasteiger partial charge is 0.389 e. The molecule has 0 saturated carbocycles. The lowest BCUT2D eigenvalue weighted by atomic mass is 9.96. The van der Waals surface area contributed by atoms with Crippen molar-refractivity contribution in [3.8, 4) is 0 Å². The van der Waals surface area contributed by atoms with Crippen molar-refractivity contribution in [1.29, 1.82) is 0 Å². The SMILES string of the molecule is CCCC1(C)NC(=O)N(CC(O)COCc2ccccc2)C1=O. The summed E-state index contributed by atoms with van der Waals surface area (Å²) >= 11 is 0. The summed E-state index contributed by atoms with van der Waals surface area (Å²) in [5.41, 5.74) is 0.140. The standard InChI is InChI=1S/C17H24N2O4/c1-3-9-17(2)15(21)19(16(22)18-17)10-14(20)12-23-11-13-7-5-4-6-8-13/h4-8,14,20H,3,9-12H2,1-2H3,(H,18,22). The van der Waals surface area contributed by atoms with Gasteiger partial charge in [-0.25, -0.2) is 4.79 Å². The highest BCUT2D eigenvalue weighted by atomic mass is 16.5. The maximum Gasteiger partial charge on any atom is 0.325 e. The van der Waals surface area contributed by atoms with Crippen LogP contribution in [0.4, 0.5) is 4.79 Å². The summed E-state index contributed by atoms with van der Waals surface area (Å²) in [6.45, 7) is 4.06. The van der Waals surface area contributed by atoms with Crippen LogP contribution in [0.2, 0.25) is 0 Å². The van der Waals surface area contributed by atoms with Crippen molar-refractivity contribution in [2.24, 2.45) is 0 Å². The lowest BCUT2D eigenvalue weighted by Gasteiger charge is -2.22. The summed E-state index contributed by atoms with van der Waals surface area (Å²) in [6, 6.07) is 9.16. The predicted molar refractivity (Wildman–Crippen MR) is 85.7 cm³/mol. The van der Waals surface area contributed by atoms with E-state index in [4.69, 9.17) is 4.74 Å². The minimum atomic E-state index is -0.905. The number of imide groups is 1. The van der Waals surface area contributed by atoms with Crippen molar-refractivity contribution < 1.29 is 19.4 Å². The van der Waals surface area contributed by atoms with E-state index in [0.717, 1.165) is 16.9 Å². The molecular weight excluding hydrogens is 296 g/mol. The number of amides is 3. The molecule has 6 heteroatoms. The normalized spacial score (nSPS) is 22.3. The number of aliphatic hydroxyl groups is 1. The van der Waals surface area contributed by atoms with E-state index in [-0.39, 0.29) is 19.1 Å². The molecule has 6 nitrogen and oxygen atoms in total. The lowest BCUT2D eigenvalue weighted by Crippen LogP contribution is -2.44. The van der Waals surface area contributed by atoms with E-state index >= 15 is 0 Å². The van der Waals surface area contributed by atoms with E-state index in [1.165, 1.54) is 0 Å². The molecule has 0 radical (unpaired) electrons. The van der Waals surface area contributed by atoms with Crippen LogP contribution < -0.4 is 5.32 Å². The van der Waals surface area contributed by atoms with Crippen LogP contribution in [0.1, 0.15) is 32.3 Å². The average Bonchev–Trinajstić information content (AvgIpc) is 2.72. The third-order valence-electron chi connectivity index (χ3n) is 3.91. The Labute approximate surface area is 136 Å². The van der Waals surface area contributed by atoms with Gasteiger partial charge in [-0.2, -0.15) is 0 Å². The van der Waals surface area contributed by atoms with Crippen LogP contribution >= 0.6 is 0 Å². The van der Waals surface area contributed by atoms with Crippen molar-refractivity contribution in [2.75, 3.05) is 13.2 Å². The van der Waals surface area contributed by atoms with E-state index < -0.39 is 17.7 Å². The van der Waals surface area contributed by atoms with Crippen LogP contribution in [0.5, 0.6) is 0 Å². The number of benzene rings is 1. The van der Waals surface area contributed by atoms with Crippen molar-refractivity contribution >= 4 is 11.9 Å². The van der Waals surface area contributed by atoms with Gasteiger partial charge in [0, 0.05) is 0 Å². The molecule has 0 bridgehead atoms. The Morgan fingerprint density at radius 2 is 2.00 bits per heavy atom. The minimum Gasteiger partial charge on any atom is -0.389 e.